The van der Waals surface area contributed by atoms with Crippen LogP contribution in [0.5, 0.6) is 11.5 Å². The zero-order valence-corrected chi connectivity index (χ0v) is 13.1. The second-order valence-electron chi connectivity index (χ2n) is 5.23. The molecule has 0 bridgehead atoms. The fourth-order valence-electron chi connectivity index (χ4n) is 2.62. The predicted octanol–water partition coefficient (Wildman–Crippen LogP) is 4.30. The first-order valence-electron chi connectivity index (χ1n) is 7.27. The maximum Gasteiger partial charge on any atom is 0.160 e. The third-order valence-corrected chi connectivity index (χ3v) is 3.83. The molecule has 3 heteroatoms. The lowest BCUT2D eigenvalue weighted by atomic mass is 10.0. The second kappa shape index (κ2) is 6.53. The maximum atomic E-state index is 9.73. The molecule has 0 spiro atoms. The van der Waals surface area contributed by atoms with Crippen LogP contribution < -0.4 is 9.64 Å². The Balaban J connectivity index is 2.34. The summed E-state index contributed by atoms with van der Waals surface area (Å²) in [7, 11) is 1.57. The standard InChI is InChI=1S/C18H23NO2/c1-5-19(16-8-6-7-13(2)11-16)14(3)15-9-10-17(20)18(12-15)21-4/h6-12,14,20H,5H2,1-4H3. The van der Waals surface area contributed by atoms with E-state index in [-0.39, 0.29) is 11.8 Å². The Hall–Kier alpha value is -2.16. The highest BCUT2D eigenvalue weighted by Gasteiger charge is 2.16. The summed E-state index contributed by atoms with van der Waals surface area (Å²) >= 11 is 0. The zero-order chi connectivity index (χ0) is 15.4. The van der Waals surface area contributed by atoms with Gasteiger partial charge in [0.2, 0.25) is 0 Å². The Morgan fingerprint density at radius 1 is 1.19 bits per heavy atom. The van der Waals surface area contributed by atoms with E-state index in [0.717, 1.165) is 12.1 Å². The van der Waals surface area contributed by atoms with Gasteiger partial charge in [-0.1, -0.05) is 18.2 Å². The smallest absolute Gasteiger partial charge is 0.160 e. The summed E-state index contributed by atoms with van der Waals surface area (Å²) in [5.41, 5.74) is 3.58. The number of anilines is 1. The summed E-state index contributed by atoms with van der Waals surface area (Å²) in [6.07, 6.45) is 0. The number of hydrogen-bond donors (Lipinski definition) is 1. The van der Waals surface area contributed by atoms with Crippen LogP contribution >= 0.6 is 0 Å². The fourth-order valence-corrected chi connectivity index (χ4v) is 2.62. The first-order chi connectivity index (χ1) is 10.1. The minimum atomic E-state index is 0.173. The van der Waals surface area contributed by atoms with Gasteiger partial charge in [-0.15, -0.1) is 0 Å². The monoisotopic (exact) mass is 285 g/mol. The van der Waals surface area contributed by atoms with E-state index in [2.05, 4.69) is 49.9 Å². The Bertz CT molecular complexity index is 610. The molecular formula is C18H23NO2. The highest BCUT2D eigenvalue weighted by molar-refractivity contribution is 5.52. The van der Waals surface area contributed by atoms with E-state index in [1.54, 1.807) is 13.2 Å². The highest BCUT2D eigenvalue weighted by Crippen LogP contribution is 2.33. The number of nitrogens with zero attached hydrogens (tertiary/aromatic N) is 1. The number of ether oxygens (including phenoxy) is 1. The van der Waals surface area contributed by atoms with Crippen molar-refractivity contribution in [1.29, 1.82) is 0 Å². The van der Waals surface area contributed by atoms with Crippen molar-refractivity contribution in [2.24, 2.45) is 0 Å². The van der Waals surface area contributed by atoms with Crippen LogP contribution in [0, 0.1) is 6.92 Å². The molecule has 1 N–H and O–H groups in total. The molecule has 0 aliphatic carbocycles. The third kappa shape index (κ3) is 3.30. The Morgan fingerprint density at radius 3 is 2.57 bits per heavy atom. The van der Waals surface area contributed by atoms with E-state index < -0.39 is 0 Å². The number of phenolic OH excluding ortho intramolecular Hbond substituents is 1. The minimum absolute atomic E-state index is 0.173. The largest absolute Gasteiger partial charge is 0.504 e. The first-order valence-corrected chi connectivity index (χ1v) is 7.27. The number of aryl methyl sites for hydroxylation is 1. The van der Waals surface area contributed by atoms with Crippen LogP contribution in [0.3, 0.4) is 0 Å². The van der Waals surface area contributed by atoms with E-state index >= 15 is 0 Å². The summed E-state index contributed by atoms with van der Waals surface area (Å²) in [5.74, 6) is 0.687. The molecule has 0 fully saturated rings. The lowest BCUT2D eigenvalue weighted by molar-refractivity contribution is 0.372. The van der Waals surface area contributed by atoms with Gasteiger partial charge in [-0.3, -0.25) is 0 Å². The highest BCUT2D eigenvalue weighted by atomic mass is 16.5. The van der Waals surface area contributed by atoms with Crippen molar-refractivity contribution in [3.63, 3.8) is 0 Å². The van der Waals surface area contributed by atoms with E-state index in [1.165, 1.54) is 11.3 Å². The molecule has 0 aromatic heterocycles. The third-order valence-electron chi connectivity index (χ3n) is 3.83. The van der Waals surface area contributed by atoms with Gasteiger partial charge >= 0.3 is 0 Å². The molecule has 1 unspecified atom stereocenters. The van der Waals surface area contributed by atoms with Crippen molar-refractivity contribution < 1.29 is 9.84 Å². The summed E-state index contributed by atoms with van der Waals surface area (Å²) in [5, 5.41) is 9.73. The maximum absolute atomic E-state index is 9.73. The van der Waals surface area contributed by atoms with Gasteiger partial charge < -0.3 is 14.7 Å². The molecule has 3 nitrogen and oxygen atoms in total. The van der Waals surface area contributed by atoms with Gasteiger partial charge in [0.15, 0.2) is 11.5 Å². The van der Waals surface area contributed by atoms with Crippen LogP contribution in [-0.2, 0) is 0 Å². The number of methoxy groups -OCH3 is 1. The quantitative estimate of drug-likeness (QED) is 0.889. The molecular weight excluding hydrogens is 262 g/mol. The number of hydrogen-bond acceptors (Lipinski definition) is 3. The Kier molecular flexibility index (Phi) is 4.73. The van der Waals surface area contributed by atoms with Crippen LogP contribution in [0.15, 0.2) is 42.5 Å². The van der Waals surface area contributed by atoms with E-state index in [9.17, 15) is 5.11 Å². The molecule has 0 saturated carbocycles. The van der Waals surface area contributed by atoms with Gasteiger partial charge in [0.1, 0.15) is 0 Å². The number of phenols is 1. The van der Waals surface area contributed by atoms with Crippen molar-refractivity contribution in [3.8, 4) is 11.5 Å². The summed E-state index contributed by atoms with van der Waals surface area (Å²) < 4.78 is 5.21. The lowest BCUT2D eigenvalue weighted by Gasteiger charge is -2.31. The van der Waals surface area contributed by atoms with Crippen LogP contribution in [0.2, 0.25) is 0 Å². The van der Waals surface area contributed by atoms with E-state index in [4.69, 9.17) is 4.74 Å². The SMILES string of the molecule is CCN(c1cccc(C)c1)C(C)c1ccc(O)c(OC)c1. The Labute approximate surface area is 126 Å². The van der Waals surface area contributed by atoms with Gasteiger partial charge in [0.05, 0.1) is 13.2 Å². The molecule has 0 amide bonds. The molecule has 0 aliphatic heterocycles. The predicted molar refractivity (Wildman–Crippen MR) is 87.3 cm³/mol. The topological polar surface area (TPSA) is 32.7 Å². The van der Waals surface area contributed by atoms with Crippen LogP contribution in [0.1, 0.15) is 31.0 Å². The molecule has 0 aliphatic rings. The minimum Gasteiger partial charge on any atom is -0.504 e. The van der Waals surface area contributed by atoms with Gasteiger partial charge in [-0.25, -0.2) is 0 Å². The average Bonchev–Trinajstić information content (AvgIpc) is 2.48. The normalized spacial score (nSPS) is 12.0. The molecule has 21 heavy (non-hydrogen) atoms. The molecule has 2 aromatic rings. The molecule has 2 aromatic carbocycles. The van der Waals surface area contributed by atoms with Crippen LogP contribution in [0.25, 0.3) is 0 Å². The molecule has 0 heterocycles. The van der Waals surface area contributed by atoms with Gasteiger partial charge in [0, 0.05) is 12.2 Å². The lowest BCUT2D eigenvalue weighted by Crippen LogP contribution is -2.26. The van der Waals surface area contributed by atoms with E-state index in [0.29, 0.717) is 5.75 Å². The van der Waals surface area contributed by atoms with Gasteiger partial charge in [-0.2, -0.15) is 0 Å². The van der Waals surface area contributed by atoms with Gasteiger partial charge in [-0.05, 0) is 56.2 Å². The van der Waals surface area contributed by atoms with Crippen molar-refractivity contribution in [2.45, 2.75) is 26.8 Å². The van der Waals surface area contributed by atoms with E-state index in [1.807, 2.05) is 12.1 Å². The summed E-state index contributed by atoms with van der Waals surface area (Å²) in [6, 6.07) is 14.2. The zero-order valence-electron chi connectivity index (χ0n) is 13.1. The molecule has 0 saturated heterocycles. The number of rotatable bonds is 5. The molecule has 112 valence electrons. The number of aromatic hydroxyl groups is 1. The Morgan fingerprint density at radius 2 is 1.95 bits per heavy atom. The summed E-state index contributed by atoms with van der Waals surface area (Å²) in [6.45, 7) is 7.33. The van der Waals surface area contributed by atoms with Crippen LogP contribution in [0.4, 0.5) is 5.69 Å². The number of benzene rings is 2. The molecule has 1 atom stereocenters. The molecule has 2 rings (SSSR count). The fraction of sp³-hybridized carbons (Fsp3) is 0.333. The molecule has 0 radical (unpaired) electrons. The first kappa shape index (κ1) is 15.2. The van der Waals surface area contributed by atoms with Crippen molar-refractivity contribution in [2.75, 3.05) is 18.6 Å². The van der Waals surface area contributed by atoms with Crippen molar-refractivity contribution in [3.05, 3.63) is 53.6 Å². The average molecular weight is 285 g/mol. The second-order valence-corrected chi connectivity index (χ2v) is 5.23. The van der Waals surface area contributed by atoms with Crippen molar-refractivity contribution in [1.82, 2.24) is 0 Å². The van der Waals surface area contributed by atoms with Crippen LogP contribution in [-0.4, -0.2) is 18.8 Å². The summed E-state index contributed by atoms with van der Waals surface area (Å²) in [4.78, 5) is 2.33. The van der Waals surface area contributed by atoms with Gasteiger partial charge in [0.25, 0.3) is 0 Å². The van der Waals surface area contributed by atoms with Crippen molar-refractivity contribution >= 4 is 5.69 Å².